The number of benzene rings is 4. The zero-order chi connectivity index (χ0) is 74.3. The molecule has 0 radical (unpaired) electrons. The van der Waals surface area contributed by atoms with Crippen LogP contribution in [-0.2, 0) is 49.6 Å². The maximum atomic E-state index is 14.5. The number of rotatable bonds is 21. The van der Waals surface area contributed by atoms with Crippen molar-refractivity contribution in [2.75, 3.05) is 41.7 Å². The van der Waals surface area contributed by atoms with Crippen molar-refractivity contribution in [3.63, 3.8) is 0 Å². The molecule has 4 aromatic carbocycles. The highest BCUT2D eigenvalue weighted by Gasteiger charge is 2.34. The van der Waals surface area contributed by atoms with Gasteiger partial charge in [-0.15, -0.1) is 6.42 Å². The number of allylic oxidation sites excluding steroid dienone is 4. The Morgan fingerprint density at radius 2 is 1.58 bits per heavy atom. The molecule has 5 heterocycles. The van der Waals surface area contributed by atoms with Gasteiger partial charge in [-0.25, -0.2) is 14.6 Å². The molecule has 1 fully saturated rings. The highest BCUT2D eigenvalue weighted by atomic mass is 16.6. The fourth-order valence-electron chi connectivity index (χ4n) is 12.8. The number of imide groups is 1. The van der Waals surface area contributed by atoms with E-state index in [1.54, 1.807) is 69.3 Å². The van der Waals surface area contributed by atoms with Gasteiger partial charge in [0.15, 0.2) is 22.3 Å². The summed E-state index contributed by atoms with van der Waals surface area (Å²) in [5, 5.41) is 51.9. The predicted molar refractivity (Wildman–Crippen MR) is 384 cm³/mol. The first-order valence-electron chi connectivity index (χ1n) is 34.5. The van der Waals surface area contributed by atoms with Crippen LogP contribution in [0.2, 0.25) is 0 Å². The standard InChI is InChI=1S/C75H88N10O18/c1-9-47-21-16-36-99-73-66(93)59-57-58(64(91)44(7)68(59)103-73)65(92)63(83-70(94)43(6)20-14-18-41(4)17-13-19-42(5)67(47)101-45(8)86)69-62(57)82-61-52(87)37-50(38-53(61)102-69)84-34-30-49(31-35-84)79-75(98)100-39-46-24-26-48(27-25-46)78-71(95)51(22-15-32-77-74(76)97)80-72(96)60(40(2)3)81-54(88)23-11-10-12-33-85-55(89)28-29-56(85)90/h1,14,16,18,20,24-29,36-38,40-42,47,49,51,60,67,87,92-93H,10-13,15,17,19,21-23,30-35,39H2,2-8H3,(H,78,95)(H,79,98)(H,80,96)(H,81,88)(H,83,94)(H3,76,77,97)/b18-14?,36-16?,43-20-. The molecule has 103 heavy (non-hydrogen) atoms. The Labute approximate surface area is 593 Å². The Kier molecular flexibility index (Phi) is 25.3. The molecule has 6 aromatic rings. The molecule has 0 saturated carbocycles. The van der Waals surface area contributed by atoms with Crippen molar-refractivity contribution in [2.45, 2.75) is 156 Å². The van der Waals surface area contributed by atoms with E-state index in [9.17, 15) is 63.3 Å². The molecule has 6 unspecified atom stereocenters. The number of furan rings is 1. The summed E-state index contributed by atoms with van der Waals surface area (Å²) in [6.45, 7) is 12.8. The number of primary amides is 1. The molecule has 9 amide bonds. The molecule has 3 aliphatic rings. The summed E-state index contributed by atoms with van der Waals surface area (Å²) in [5.41, 5.74) is 5.24. The lowest BCUT2D eigenvalue weighted by Crippen LogP contribution is -2.54. The van der Waals surface area contributed by atoms with E-state index in [0.717, 1.165) is 17.7 Å². The van der Waals surface area contributed by atoms with Gasteiger partial charge < -0.3 is 80.9 Å². The number of esters is 1. The van der Waals surface area contributed by atoms with Crippen LogP contribution in [0.5, 0.6) is 23.2 Å². The number of hydrogen-bond donors (Lipinski definition) is 10. The van der Waals surface area contributed by atoms with E-state index in [2.05, 4.69) is 37.8 Å². The van der Waals surface area contributed by atoms with Crippen molar-refractivity contribution in [1.82, 2.24) is 31.2 Å². The molecule has 1 saturated heterocycles. The van der Waals surface area contributed by atoms with Crippen molar-refractivity contribution in [3.8, 4) is 35.5 Å². The molecular formula is C75H88N10O18. The van der Waals surface area contributed by atoms with E-state index in [4.69, 9.17) is 40.2 Å². The van der Waals surface area contributed by atoms with Crippen LogP contribution in [0.15, 0.2) is 98.3 Å². The van der Waals surface area contributed by atoms with Gasteiger partial charge in [0, 0.05) is 97.7 Å². The molecule has 9 rings (SSSR count). The van der Waals surface area contributed by atoms with Crippen LogP contribution in [-0.4, -0.2) is 129 Å². The lowest BCUT2D eigenvalue weighted by molar-refractivity contribution is -0.151. The van der Waals surface area contributed by atoms with Crippen molar-refractivity contribution in [3.05, 3.63) is 106 Å². The largest absolute Gasteiger partial charge is 0.505 e. The summed E-state index contributed by atoms with van der Waals surface area (Å²) in [6, 6.07) is 6.41. The summed E-state index contributed by atoms with van der Waals surface area (Å²) in [7, 11) is 0. The molecule has 0 aliphatic carbocycles. The van der Waals surface area contributed by atoms with E-state index < -0.39 is 82.8 Å². The second-order valence-electron chi connectivity index (χ2n) is 26.6. The van der Waals surface area contributed by atoms with Crippen LogP contribution in [0, 0.1) is 42.9 Å². The number of hydrogen-bond acceptors (Lipinski definition) is 20. The van der Waals surface area contributed by atoms with Gasteiger partial charge in [-0.3, -0.25) is 43.3 Å². The number of piperidine rings is 1. The maximum absolute atomic E-state index is 14.5. The normalized spacial score (nSPS) is 18.9. The highest BCUT2D eigenvalue weighted by molar-refractivity contribution is 6.27. The fraction of sp³-hybridized carbons (Fsp3) is 0.427. The van der Waals surface area contributed by atoms with Crippen molar-refractivity contribution >= 4 is 115 Å². The second-order valence-corrected chi connectivity index (χ2v) is 26.6. The number of alkyl carbamates (subject to hydrolysis) is 1. The first-order chi connectivity index (χ1) is 49.2. The maximum Gasteiger partial charge on any atom is 0.407 e. The van der Waals surface area contributed by atoms with Crippen LogP contribution in [0.25, 0.3) is 43.9 Å². The van der Waals surface area contributed by atoms with Crippen LogP contribution >= 0.6 is 0 Å². The number of carbonyl (C=O) groups excluding carboxylic acids is 9. The highest BCUT2D eigenvalue weighted by Crippen LogP contribution is 2.50. The Morgan fingerprint density at radius 3 is 2.27 bits per heavy atom. The Bertz CT molecular complexity index is 4460. The topological polar surface area (TPSA) is 403 Å². The van der Waals surface area contributed by atoms with E-state index in [1.807, 2.05) is 24.8 Å². The number of ether oxygens (including phenoxy) is 3. The molecule has 28 nitrogen and oxygen atoms in total. The summed E-state index contributed by atoms with van der Waals surface area (Å²) >= 11 is 0. The van der Waals surface area contributed by atoms with Gasteiger partial charge in [0.1, 0.15) is 52.8 Å². The lowest BCUT2D eigenvalue weighted by atomic mass is 9.86. The number of amides is 9. The van der Waals surface area contributed by atoms with E-state index in [0.29, 0.717) is 68.6 Å². The van der Waals surface area contributed by atoms with Crippen molar-refractivity contribution < 1.29 is 81.5 Å². The van der Waals surface area contributed by atoms with Gasteiger partial charge in [-0.2, -0.15) is 0 Å². The van der Waals surface area contributed by atoms with Crippen molar-refractivity contribution in [2.24, 2.45) is 29.4 Å². The van der Waals surface area contributed by atoms with Crippen LogP contribution in [0.3, 0.4) is 0 Å². The number of nitrogens with zero attached hydrogens (tertiary/aromatic N) is 3. The summed E-state index contributed by atoms with van der Waals surface area (Å²) < 4.78 is 29.8. The van der Waals surface area contributed by atoms with E-state index in [-0.39, 0.29) is 153 Å². The van der Waals surface area contributed by atoms with Gasteiger partial charge >= 0.3 is 24.0 Å². The third-order valence-electron chi connectivity index (χ3n) is 18.6. The molecule has 11 N–H and O–H groups in total. The smallest absolute Gasteiger partial charge is 0.407 e. The number of aryl methyl sites for hydroxylation is 1. The summed E-state index contributed by atoms with van der Waals surface area (Å²) in [4.78, 5) is 138. The molecule has 0 spiro atoms. The fourth-order valence-corrected chi connectivity index (χ4v) is 12.8. The number of terminal acetylenes is 1. The number of unbranched alkanes of at least 4 members (excludes halogenated alkanes) is 2. The molecule has 4 bridgehead atoms. The lowest BCUT2D eigenvalue weighted by Gasteiger charge is -2.33. The predicted octanol–water partition coefficient (Wildman–Crippen LogP) is 9.42. The van der Waals surface area contributed by atoms with Gasteiger partial charge in [0.05, 0.1) is 23.0 Å². The third kappa shape index (κ3) is 18.8. The Balaban J connectivity index is 0.863. The number of phenolic OH excluding ortho intramolecular Hbond substituents is 2. The SMILES string of the molecule is C#CC1CC=COc2oc3c(C)c(=O)c4c(O)c(c5oc6cc(N7CCC(NC(=O)OCc8ccc(NC(=O)C(CCCNC(N)=O)NC(=O)C(NC(=O)CCCCCN9C(=O)C=CC9=O)C(C)C)cc8)CC7)cc(O)c6nc5c4c3c2O)NC(=O)/C(C)=C\C=CC(C)CCCC(C)C1OC(C)=O. The van der Waals surface area contributed by atoms with E-state index in [1.165, 1.54) is 38.3 Å². The Hall–Kier alpha value is -11.4. The van der Waals surface area contributed by atoms with Crippen LogP contribution in [0.1, 0.15) is 130 Å². The first-order valence-corrected chi connectivity index (χ1v) is 34.5. The summed E-state index contributed by atoms with van der Waals surface area (Å²) in [5.74, 6) is -3.72. The number of aromatic hydroxyl groups is 3. The molecule has 28 heteroatoms. The number of aromatic nitrogens is 1. The zero-order valence-corrected chi connectivity index (χ0v) is 58.6. The van der Waals surface area contributed by atoms with Crippen LogP contribution in [0.4, 0.5) is 26.7 Å². The number of fused-ring (bicyclic) bond motifs is 2. The average molecular weight is 1420 g/mol. The van der Waals surface area contributed by atoms with Gasteiger partial charge in [-0.05, 0) is 113 Å². The van der Waals surface area contributed by atoms with E-state index >= 15 is 0 Å². The van der Waals surface area contributed by atoms with Gasteiger partial charge in [0.2, 0.25) is 23.5 Å². The van der Waals surface area contributed by atoms with Gasteiger partial charge in [-0.1, -0.05) is 76.8 Å². The van der Waals surface area contributed by atoms with Gasteiger partial charge in [0.25, 0.3) is 17.7 Å². The van der Waals surface area contributed by atoms with Crippen molar-refractivity contribution in [1.29, 1.82) is 0 Å². The number of anilines is 3. The zero-order valence-electron chi connectivity index (χ0n) is 58.6. The molecule has 2 aromatic heterocycles. The minimum atomic E-state index is -1.10. The van der Waals surface area contributed by atoms with Crippen LogP contribution < -0.4 is 52.7 Å². The molecule has 6 atom stereocenters. The number of urea groups is 1. The average Bonchev–Trinajstić information content (AvgIpc) is 1.70. The number of nitrogens with two attached hydrogens (primary N) is 1. The summed E-state index contributed by atoms with van der Waals surface area (Å²) in [6.07, 6.45) is 20.6. The first kappa shape index (κ1) is 75.8. The quantitative estimate of drug-likeness (QED) is 0.00609. The number of carbonyl (C=O) groups is 9. The number of nitrogens with one attached hydrogen (secondary N) is 6. The number of phenols is 2. The third-order valence-corrected chi connectivity index (χ3v) is 18.6. The minimum Gasteiger partial charge on any atom is -0.505 e. The second kappa shape index (κ2) is 34.3. The minimum absolute atomic E-state index is 0.00761. The molecular weight excluding hydrogens is 1330 g/mol. The monoisotopic (exact) mass is 1420 g/mol. The Morgan fingerprint density at radius 1 is 0.854 bits per heavy atom. The molecule has 3 aliphatic heterocycles. The molecule has 546 valence electrons.